The summed E-state index contributed by atoms with van der Waals surface area (Å²) >= 11 is 0. The molecule has 0 fully saturated rings. The zero-order chi connectivity index (χ0) is 14.0. The number of sulfonamides is 1. The Hall–Kier alpha value is -1.74. The van der Waals surface area contributed by atoms with Gasteiger partial charge in [-0.15, -0.1) is 0 Å². The van der Waals surface area contributed by atoms with E-state index in [9.17, 15) is 8.42 Å². The summed E-state index contributed by atoms with van der Waals surface area (Å²) in [7, 11) is -3.62. The van der Waals surface area contributed by atoms with Gasteiger partial charge in [-0.1, -0.05) is 5.16 Å². The summed E-state index contributed by atoms with van der Waals surface area (Å²) in [6, 6.07) is 0.101. The van der Waals surface area contributed by atoms with E-state index in [0.717, 1.165) is 0 Å². The van der Waals surface area contributed by atoms with Crippen LogP contribution in [-0.4, -0.2) is 28.3 Å². The molecule has 19 heavy (non-hydrogen) atoms. The maximum atomic E-state index is 12.0. The van der Waals surface area contributed by atoms with Crippen molar-refractivity contribution < 1.29 is 12.9 Å². The van der Waals surface area contributed by atoms with Crippen LogP contribution in [0.5, 0.6) is 0 Å². The van der Waals surface area contributed by atoms with Crippen molar-refractivity contribution in [2.24, 2.45) is 0 Å². The molecule has 0 spiro atoms. The lowest BCUT2D eigenvalue weighted by Gasteiger charge is -2.04. The second-order valence-corrected chi connectivity index (χ2v) is 6.07. The molecule has 9 heteroatoms. The molecule has 0 bridgehead atoms. The fourth-order valence-electron chi connectivity index (χ4n) is 1.40. The first-order valence-electron chi connectivity index (χ1n) is 5.71. The van der Waals surface area contributed by atoms with E-state index in [2.05, 4.69) is 20.0 Å². The molecular weight excluding hydrogens is 270 g/mol. The summed E-state index contributed by atoms with van der Waals surface area (Å²) in [4.78, 5) is 4.03. The van der Waals surface area contributed by atoms with Crippen molar-refractivity contribution in [3.05, 3.63) is 24.1 Å². The summed E-state index contributed by atoms with van der Waals surface area (Å²) in [6.07, 6.45) is 2.79. The second kappa shape index (κ2) is 5.10. The van der Waals surface area contributed by atoms with Crippen LogP contribution in [0.25, 0.3) is 0 Å². The second-order valence-electron chi connectivity index (χ2n) is 4.30. The average Bonchev–Trinajstić information content (AvgIpc) is 2.95. The Labute approximate surface area is 110 Å². The van der Waals surface area contributed by atoms with Gasteiger partial charge < -0.3 is 4.52 Å². The van der Waals surface area contributed by atoms with E-state index >= 15 is 0 Å². The van der Waals surface area contributed by atoms with Gasteiger partial charge in [-0.05, 0) is 13.8 Å². The Bertz CT molecular complexity index is 658. The van der Waals surface area contributed by atoms with Gasteiger partial charge in [0.25, 0.3) is 0 Å². The van der Waals surface area contributed by atoms with E-state index in [4.69, 9.17) is 4.52 Å². The van der Waals surface area contributed by atoms with Gasteiger partial charge in [0.15, 0.2) is 5.82 Å². The number of aryl methyl sites for hydroxylation is 1. The molecule has 8 nitrogen and oxygen atoms in total. The maximum Gasteiger partial charge on any atom is 0.244 e. The Morgan fingerprint density at radius 3 is 2.74 bits per heavy atom. The zero-order valence-corrected chi connectivity index (χ0v) is 11.7. The van der Waals surface area contributed by atoms with Crippen molar-refractivity contribution in [3.63, 3.8) is 0 Å². The summed E-state index contributed by atoms with van der Waals surface area (Å²) < 4.78 is 32.7. The lowest BCUT2D eigenvalue weighted by Crippen LogP contribution is -2.23. The van der Waals surface area contributed by atoms with Gasteiger partial charge in [0, 0.05) is 19.2 Å². The van der Waals surface area contributed by atoms with Gasteiger partial charge >= 0.3 is 0 Å². The topological polar surface area (TPSA) is 103 Å². The molecule has 2 heterocycles. The number of aromatic nitrogens is 4. The summed E-state index contributed by atoms with van der Waals surface area (Å²) in [5.41, 5.74) is 0. The third-order valence-electron chi connectivity index (χ3n) is 2.41. The van der Waals surface area contributed by atoms with E-state index < -0.39 is 10.0 Å². The maximum absolute atomic E-state index is 12.0. The molecular formula is C10H15N5O3S. The Morgan fingerprint density at radius 1 is 1.47 bits per heavy atom. The highest BCUT2D eigenvalue weighted by atomic mass is 32.2. The standard InChI is InChI=1S/C10H15N5O3S/c1-7(2)15-6-9(4-11-15)19(16,17)12-5-10-13-8(3)18-14-10/h4,6-7,12H,5H2,1-3H3. The van der Waals surface area contributed by atoms with Gasteiger partial charge in [-0.25, -0.2) is 13.1 Å². The molecule has 0 unspecified atom stereocenters. The highest BCUT2D eigenvalue weighted by molar-refractivity contribution is 7.89. The van der Waals surface area contributed by atoms with Crippen LogP contribution in [0.2, 0.25) is 0 Å². The van der Waals surface area contributed by atoms with Gasteiger partial charge in [0.1, 0.15) is 4.90 Å². The van der Waals surface area contributed by atoms with Crippen molar-refractivity contribution in [1.82, 2.24) is 24.6 Å². The predicted octanol–water partition coefficient (Wildman–Crippen LogP) is 0.634. The van der Waals surface area contributed by atoms with Crippen molar-refractivity contribution in [3.8, 4) is 0 Å². The largest absolute Gasteiger partial charge is 0.340 e. The fraction of sp³-hybridized carbons (Fsp3) is 0.500. The molecule has 2 aromatic rings. The van der Waals surface area contributed by atoms with E-state index in [1.165, 1.54) is 12.4 Å². The minimum absolute atomic E-state index is 0.0213. The minimum Gasteiger partial charge on any atom is -0.340 e. The zero-order valence-electron chi connectivity index (χ0n) is 10.9. The highest BCUT2D eigenvalue weighted by Crippen LogP contribution is 2.11. The molecule has 0 saturated carbocycles. The minimum atomic E-state index is -3.62. The van der Waals surface area contributed by atoms with E-state index in [1.54, 1.807) is 11.6 Å². The molecule has 0 amide bonds. The normalized spacial score (nSPS) is 12.2. The molecule has 0 aliphatic heterocycles. The molecule has 0 aliphatic rings. The number of nitrogens with zero attached hydrogens (tertiary/aromatic N) is 4. The average molecular weight is 285 g/mol. The van der Waals surface area contributed by atoms with Crippen LogP contribution in [0.15, 0.2) is 21.8 Å². The van der Waals surface area contributed by atoms with Crippen LogP contribution in [0.3, 0.4) is 0 Å². The first-order valence-corrected chi connectivity index (χ1v) is 7.20. The molecule has 1 N–H and O–H groups in total. The molecule has 2 aromatic heterocycles. The molecule has 0 aliphatic carbocycles. The SMILES string of the molecule is Cc1nc(CNS(=O)(=O)c2cnn(C(C)C)c2)no1. The Balaban J connectivity index is 2.09. The van der Waals surface area contributed by atoms with Gasteiger partial charge in [-0.2, -0.15) is 10.1 Å². The summed E-state index contributed by atoms with van der Waals surface area (Å²) in [5.74, 6) is 0.680. The fourth-order valence-corrected chi connectivity index (χ4v) is 2.32. The van der Waals surface area contributed by atoms with Crippen molar-refractivity contribution in [1.29, 1.82) is 0 Å². The van der Waals surface area contributed by atoms with Crippen LogP contribution >= 0.6 is 0 Å². The summed E-state index contributed by atoms with van der Waals surface area (Å²) in [5, 5.41) is 7.60. The number of hydrogen-bond acceptors (Lipinski definition) is 6. The van der Waals surface area contributed by atoms with Crippen molar-refractivity contribution in [2.75, 3.05) is 0 Å². The Kier molecular flexibility index (Phi) is 3.67. The van der Waals surface area contributed by atoms with Crippen molar-refractivity contribution in [2.45, 2.75) is 38.3 Å². The van der Waals surface area contributed by atoms with Crippen molar-refractivity contribution >= 4 is 10.0 Å². The first kappa shape index (κ1) is 13.7. The molecule has 0 atom stereocenters. The van der Waals surface area contributed by atoms with Crippen LogP contribution in [-0.2, 0) is 16.6 Å². The van der Waals surface area contributed by atoms with Crippen LogP contribution in [0.4, 0.5) is 0 Å². The Morgan fingerprint density at radius 2 is 2.21 bits per heavy atom. The number of nitrogens with one attached hydrogen (secondary N) is 1. The van der Waals surface area contributed by atoms with E-state index in [-0.39, 0.29) is 23.3 Å². The lowest BCUT2D eigenvalue weighted by atomic mass is 10.4. The molecule has 0 aromatic carbocycles. The van der Waals surface area contributed by atoms with E-state index in [1.807, 2.05) is 13.8 Å². The molecule has 0 saturated heterocycles. The quantitative estimate of drug-likeness (QED) is 0.864. The molecule has 0 radical (unpaired) electrons. The smallest absolute Gasteiger partial charge is 0.244 e. The molecule has 104 valence electrons. The number of rotatable bonds is 5. The highest BCUT2D eigenvalue weighted by Gasteiger charge is 2.18. The van der Waals surface area contributed by atoms with Gasteiger partial charge in [0.2, 0.25) is 15.9 Å². The van der Waals surface area contributed by atoms with Gasteiger partial charge in [-0.3, -0.25) is 4.68 Å². The lowest BCUT2D eigenvalue weighted by molar-refractivity contribution is 0.387. The summed E-state index contributed by atoms with van der Waals surface area (Å²) in [6.45, 7) is 5.45. The molecule has 2 rings (SSSR count). The predicted molar refractivity (Wildman–Crippen MR) is 65.7 cm³/mol. The van der Waals surface area contributed by atoms with Crippen LogP contribution in [0.1, 0.15) is 31.6 Å². The van der Waals surface area contributed by atoms with E-state index in [0.29, 0.717) is 5.89 Å². The third-order valence-corrected chi connectivity index (χ3v) is 3.76. The third kappa shape index (κ3) is 3.18. The van der Waals surface area contributed by atoms with Crippen LogP contribution in [0, 0.1) is 6.92 Å². The number of hydrogen-bond donors (Lipinski definition) is 1. The monoisotopic (exact) mass is 285 g/mol. The van der Waals surface area contributed by atoms with Gasteiger partial charge in [0.05, 0.1) is 12.7 Å². The first-order chi connectivity index (χ1) is 8.88. The van der Waals surface area contributed by atoms with Crippen LogP contribution < -0.4 is 4.72 Å².